The number of ether oxygens (including phenoxy) is 1. The Morgan fingerprint density at radius 3 is 2.37 bits per heavy atom. The minimum absolute atomic E-state index is 0.136. The molecule has 0 aliphatic rings. The van der Waals surface area contributed by atoms with Gasteiger partial charge < -0.3 is 14.6 Å². The summed E-state index contributed by atoms with van der Waals surface area (Å²) in [4.78, 5) is 30.5. The lowest BCUT2D eigenvalue weighted by atomic mass is 9.98. The molecule has 0 bridgehead atoms. The summed E-state index contributed by atoms with van der Waals surface area (Å²) in [6.07, 6.45) is 0. The standard InChI is InChI=1S/C36H36BrN3O3/c1-22-24(3)40(32-19-18-27(20-30(22)32)34(41)38-23(2)31-12-9-13-33(37)39-31)21-25-14-16-26(17-15-25)28-10-7-8-11-29(28)35(42)43-36(4,5)6/h7-20,23H,21H2,1-6H3,(H,38,41)/t23-/m1/s1. The molecule has 0 aliphatic heterocycles. The van der Waals surface area contributed by atoms with E-state index in [1.54, 1.807) is 0 Å². The third kappa shape index (κ3) is 6.73. The van der Waals surface area contributed by atoms with Gasteiger partial charge in [0.05, 0.1) is 17.3 Å². The average Bonchev–Trinajstić information content (AvgIpc) is 3.21. The number of hydrogen-bond donors (Lipinski definition) is 1. The Labute approximate surface area is 261 Å². The van der Waals surface area contributed by atoms with Crippen LogP contribution in [0, 0.1) is 13.8 Å². The van der Waals surface area contributed by atoms with Crippen molar-refractivity contribution < 1.29 is 14.3 Å². The molecule has 6 nitrogen and oxygen atoms in total. The van der Waals surface area contributed by atoms with Crippen molar-refractivity contribution in [1.82, 2.24) is 14.9 Å². The largest absolute Gasteiger partial charge is 0.456 e. The summed E-state index contributed by atoms with van der Waals surface area (Å²) in [5.41, 5.74) is 7.70. The first-order chi connectivity index (χ1) is 20.4. The van der Waals surface area contributed by atoms with Crippen LogP contribution < -0.4 is 5.32 Å². The minimum Gasteiger partial charge on any atom is -0.456 e. The van der Waals surface area contributed by atoms with Crippen LogP contribution >= 0.6 is 15.9 Å². The summed E-state index contributed by atoms with van der Waals surface area (Å²) >= 11 is 3.40. The van der Waals surface area contributed by atoms with Gasteiger partial charge in [0, 0.05) is 28.7 Å². The molecule has 0 unspecified atom stereocenters. The first kappa shape index (κ1) is 30.2. The number of aryl methyl sites for hydroxylation is 1. The number of fused-ring (bicyclic) bond motifs is 1. The van der Waals surface area contributed by atoms with Crippen LogP contribution in [0.4, 0.5) is 0 Å². The highest BCUT2D eigenvalue weighted by molar-refractivity contribution is 9.10. The summed E-state index contributed by atoms with van der Waals surface area (Å²) in [7, 11) is 0. The number of nitrogens with zero attached hydrogens (tertiary/aromatic N) is 2. The van der Waals surface area contributed by atoms with E-state index >= 15 is 0 Å². The molecule has 1 amide bonds. The number of benzene rings is 3. The van der Waals surface area contributed by atoms with Crippen LogP contribution in [0.2, 0.25) is 0 Å². The number of amides is 1. The van der Waals surface area contributed by atoms with Crippen molar-refractivity contribution in [3.8, 4) is 11.1 Å². The zero-order valence-corrected chi connectivity index (χ0v) is 27.0. The number of pyridine rings is 1. The Morgan fingerprint density at radius 2 is 1.67 bits per heavy atom. The molecule has 0 fully saturated rings. The Hall–Kier alpha value is -4.23. The molecule has 3 aromatic carbocycles. The summed E-state index contributed by atoms with van der Waals surface area (Å²) in [5, 5.41) is 4.12. The lowest BCUT2D eigenvalue weighted by molar-refractivity contribution is 0.00703. The van der Waals surface area contributed by atoms with E-state index < -0.39 is 5.60 Å². The summed E-state index contributed by atoms with van der Waals surface area (Å²) in [5.74, 6) is -0.465. The molecule has 0 saturated carbocycles. The lowest BCUT2D eigenvalue weighted by Crippen LogP contribution is -2.27. The second-order valence-corrected chi connectivity index (χ2v) is 12.7. The molecule has 7 heteroatoms. The van der Waals surface area contributed by atoms with Crippen LogP contribution in [-0.4, -0.2) is 27.0 Å². The molecule has 0 radical (unpaired) electrons. The number of rotatable bonds is 7. The number of carbonyl (C=O) groups excluding carboxylic acids is 2. The summed E-state index contributed by atoms with van der Waals surface area (Å²) in [6.45, 7) is 12.4. The molecule has 0 spiro atoms. The van der Waals surface area contributed by atoms with Gasteiger partial charge in [0.15, 0.2) is 0 Å². The van der Waals surface area contributed by atoms with Crippen molar-refractivity contribution in [2.45, 2.75) is 59.7 Å². The maximum atomic E-state index is 13.1. The van der Waals surface area contributed by atoms with E-state index in [9.17, 15) is 9.59 Å². The molecule has 0 aliphatic carbocycles. The molecule has 2 aromatic heterocycles. The highest BCUT2D eigenvalue weighted by Gasteiger charge is 2.21. The SMILES string of the molecule is Cc1c(C)n(Cc2ccc(-c3ccccc3C(=O)OC(C)(C)C)cc2)c2ccc(C(=O)N[C@H](C)c3cccc(Br)n3)cc12. The van der Waals surface area contributed by atoms with Gasteiger partial charge in [-0.1, -0.05) is 48.5 Å². The number of esters is 1. The topological polar surface area (TPSA) is 73.2 Å². The predicted octanol–water partition coefficient (Wildman–Crippen LogP) is 8.58. The smallest absolute Gasteiger partial charge is 0.339 e. The van der Waals surface area contributed by atoms with Gasteiger partial charge in [-0.25, -0.2) is 9.78 Å². The monoisotopic (exact) mass is 637 g/mol. The zero-order chi connectivity index (χ0) is 30.9. The highest BCUT2D eigenvalue weighted by atomic mass is 79.9. The van der Waals surface area contributed by atoms with Crippen LogP contribution in [0.1, 0.15) is 77.0 Å². The fourth-order valence-electron chi connectivity index (χ4n) is 5.23. The number of carbonyl (C=O) groups is 2. The van der Waals surface area contributed by atoms with Gasteiger partial charge in [-0.15, -0.1) is 0 Å². The van der Waals surface area contributed by atoms with Gasteiger partial charge in [-0.05, 0) is 116 Å². The molecular formula is C36H36BrN3O3. The molecule has 2 heterocycles. The van der Waals surface area contributed by atoms with Crippen molar-refractivity contribution in [2.24, 2.45) is 0 Å². The average molecular weight is 639 g/mol. The molecular weight excluding hydrogens is 602 g/mol. The summed E-state index contributed by atoms with van der Waals surface area (Å²) < 4.78 is 8.66. The normalized spacial score (nSPS) is 12.3. The lowest BCUT2D eigenvalue weighted by Gasteiger charge is -2.20. The first-order valence-electron chi connectivity index (χ1n) is 14.4. The second-order valence-electron chi connectivity index (χ2n) is 11.9. The maximum absolute atomic E-state index is 13.1. The Balaban J connectivity index is 1.37. The molecule has 1 N–H and O–H groups in total. The van der Waals surface area contributed by atoms with Crippen molar-refractivity contribution in [3.63, 3.8) is 0 Å². The van der Waals surface area contributed by atoms with Gasteiger partial charge in [-0.3, -0.25) is 4.79 Å². The van der Waals surface area contributed by atoms with Crippen molar-refractivity contribution in [1.29, 1.82) is 0 Å². The van der Waals surface area contributed by atoms with Gasteiger partial charge in [0.2, 0.25) is 0 Å². The number of nitrogens with one attached hydrogen (secondary N) is 1. The van der Waals surface area contributed by atoms with E-state index in [2.05, 4.69) is 68.9 Å². The fraction of sp³-hybridized carbons (Fsp3) is 0.250. The number of hydrogen-bond acceptors (Lipinski definition) is 4. The van der Waals surface area contributed by atoms with Gasteiger partial charge >= 0.3 is 5.97 Å². The third-order valence-corrected chi connectivity index (χ3v) is 8.02. The second kappa shape index (κ2) is 12.2. The van der Waals surface area contributed by atoms with Gasteiger partial charge in [0.1, 0.15) is 10.2 Å². The van der Waals surface area contributed by atoms with E-state index in [0.717, 1.165) is 49.1 Å². The van der Waals surface area contributed by atoms with Gasteiger partial charge in [-0.2, -0.15) is 0 Å². The van der Waals surface area contributed by atoms with Crippen LogP contribution in [0.5, 0.6) is 0 Å². The van der Waals surface area contributed by atoms with Crippen LogP contribution in [0.3, 0.4) is 0 Å². The first-order valence-corrected chi connectivity index (χ1v) is 15.1. The molecule has 43 heavy (non-hydrogen) atoms. The number of halogens is 1. The molecule has 220 valence electrons. The van der Waals surface area contributed by atoms with Crippen LogP contribution in [0.25, 0.3) is 22.0 Å². The predicted molar refractivity (Wildman–Crippen MR) is 175 cm³/mol. The summed E-state index contributed by atoms with van der Waals surface area (Å²) in [6, 6.07) is 27.2. The van der Waals surface area contributed by atoms with Crippen molar-refractivity contribution >= 4 is 38.7 Å². The Kier molecular flexibility index (Phi) is 8.56. The Bertz CT molecular complexity index is 1820. The van der Waals surface area contributed by atoms with Crippen LogP contribution in [0.15, 0.2) is 89.5 Å². The van der Waals surface area contributed by atoms with Crippen molar-refractivity contribution in [3.05, 3.63) is 123 Å². The molecule has 0 saturated heterocycles. The van der Waals surface area contributed by atoms with Crippen LogP contribution in [-0.2, 0) is 11.3 Å². The zero-order valence-electron chi connectivity index (χ0n) is 25.4. The minimum atomic E-state index is -0.566. The van der Waals surface area contributed by atoms with E-state index in [1.807, 2.05) is 88.4 Å². The van der Waals surface area contributed by atoms with E-state index in [-0.39, 0.29) is 17.9 Å². The fourth-order valence-corrected chi connectivity index (χ4v) is 5.59. The highest BCUT2D eigenvalue weighted by Crippen LogP contribution is 2.30. The molecule has 5 aromatic rings. The van der Waals surface area contributed by atoms with Crippen molar-refractivity contribution in [2.75, 3.05) is 0 Å². The Morgan fingerprint density at radius 1 is 0.953 bits per heavy atom. The van der Waals surface area contributed by atoms with E-state index in [0.29, 0.717) is 17.7 Å². The maximum Gasteiger partial charge on any atom is 0.339 e. The molecule has 5 rings (SSSR count). The van der Waals surface area contributed by atoms with E-state index in [4.69, 9.17) is 4.74 Å². The third-order valence-electron chi connectivity index (χ3n) is 7.58. The number of aromatic nitrogens is 2. The quantitative estimate of drug-likeness (QED) is 0.143. The van der Waals surface area contributed by atoms with Gasteiger partial charge in [0.25, 0.3) is 5.91 Å². The van der Waals surface area contributed by atoms with E-state index in [1.165, 1.54) is 0 Å². The molecule has 1 atom stereocenters.